The van der Waals surface area contributed by atoms with Crippen LogP contribution in [-0.4, -0.2) is 7.05 Å². The van der Waals surface area contributed by atoms with Crippen molar-refractivity contribution in [2.24, 2.45) is 0 Å². The molecule has 0 aliphatic carbocycles. The van der Waals surface area contributed by atoms with Gasteiger partial charge in [-0.1, -0.05) is 44.2 Å². The number of unbranched alkanes of at least 4 members (excludes halogenated alkanes) is 3. The second-order valence-corrected chi connectivity index (χ2v) is 6.50. The Labute approximate surface area is 116 Å². The minimum atomic E-state index is 0.450. The van der Waals surface area contributed by atoms with Crippen LogP contribution in [0.15, 0.2) is 10.5 Å². The molecule has 92 valence electrons. The molecule has 1 aromatic rings. The maximum absolute atomic E-state index is 6.06. The monoisotopic (exact) mass is 323 g/mol. The van der Waals surface area contributed by atoms with Crippen molar-refractivity contribution < 1.29 is 0 Å². The molecule has 0 amide bonds. The summed E-state index contributed by atoms with van der Waals surface area (Å²) in [5.74, 6) is 0. The van der Waals surface area contributed by atoms with Crippen LogP contribution in [0.2, 0.25) is 4.34 Å². The molecular weight excluding hydrogens is 306 g/mol. The molecule has 0 aliphatic heterocycles. The third-order valence-electron chi connectivity index (χ3n) is 2.70. The minimum absolute atomic E-state index is 0.450. The van der Waals surface area contributed by atoms with E-state index in [2.05, 4.69) is 34.2 Å². The Morgan fingerprint density at radius 1 is 1.44 bits per heavy atom. The van der Waals surface area contributed by atoms with Crippen molar-refractivity contribution in [2.75, 3.05) is 7.05 Å². The number of nitrogens with one attached hydrogen (secondary N) is 1. The molecule has 0 saturated heterocycles. The van der Waals surface area contributed by atoms with Gasteiger partial charge in [-0.15, -0.1) is 11.3 Å². The lowest BCUT2D eigenvalue weighted by molar-refractivity contribution is 0.511. The Morgan fingerprint density at radius 2 is 2.19 bits per heavy atom. The molecule has 1 unspecified atom stereocenters. The fourth-order valence-corrected chi connectivity index (χ4v) is 3.62. The zero-order valence-electron chi connectivity index (χ0n) is 9.85. The van der Waals surface area contributed by atoms with Gasteiger partial charge in [-0.05, 0) is 35.5 Å². The van der Waals surface area contributed by atoms with Crippen LogP contribution >= 0.6 is 38.9 Å². The van der Waals surface area contributed by atoms with Crippen molar-refractivity contribution in [1.29, 1.82) is 0 Å². The fourth-order valence-electron chi connectivity index (χ4n) is 1.74. The van der Waals surface area contributed by atoms with Gasteiger partial charge in [0.1, 0.15) is 4.34 Å². The van der Waals surface area contributed by atoms with Crippen LogP contribution in [-0.2, 0) is 0 Å². The SMILES string of the molecule is CCCCCCC(NC)c1cc(Br)c(Cl)s1. The summed E-state index contributed by atoms with van der Waals surface area (Å²) in [4.78, 5) is 1.33. The van der Waals surface area contributed by atoms with Gasteiger partial charge in [-0.25, -0.2) is 0 Å². The molecule has 16 heavy (non-hydrogen) atoms. The molecule has 0 aliphatic rings. The predicted octanol–water partition coefficient (Wildman–Crippen LogP) is 5.39. The third kappa shape index (κ3) is 4.36. The maximum Gasteiger partial charge on any atom is 0.107 e. The zero-order valence-corrected chi connectivity index (χ0v) is 13.0. The molecule has 0 bridgehead atoms. The summed E-state index contributed by atoms with van der Waals surface area (Å²) in [6, 6.07) is 2.58. The quantitative estimate of drug-likeness (QED) is 0.663. The lowest BCUT2D eigenvalue weighted by Gasteiger charge is -2.13. The lowest BCUT2D eigenvalue weighted by Crippen LogP contribution is -2.14. The Bertz CT molecular complexity index is 294. The smallest absolute Gasteiger partial charge is 0.107 e. The second-order valence-electron chi connectivity index (χ2n) is 3.96. The fraction of sp³-hybridized carbons (Fsp3) is 0.667. The summed E-state index contributed by atoms with van der Waals surface area (Å²) in [5.41, 5.74) is 0. The maximum atomic E-state index is 6.06. The first-order chi connectivity index (χ1) is 7.69. The normalized spacial score (nSPS) is 13.0. The van der Waals surface area contributed by atoms with Crippen LogP contribution in [0.25, 0.3) is 0 Å². The van der Waals surface area contributed by atoms with Crippen molar-refractivity contribution in [1.82, 2.24) is 5.32 Å². The van der Waals surface area contributed by atoms with E-state index in [4.69, 9.17) is 11.6 Å². The highest BCUT2D eigenvalue weighted by atomic mass is 79.9. The standard InChI is InChI=1S/C12H19BrClNS/c1-3-4-5-6-7-10(15-2)11-8-9(13)12(14)16-11/h8,10,15H,3-7H2,1-2H3. The highest BCUT2D eigenvalue weighted by molar-refractivity contribution is 9.10. The minimum Gasteiger partial charge on any atom is -0.312 e. The van der Waals surface area contributed by atoms with Gasteiger partial charge in [0.25, 0.3) is 0 Å². The molecule has 1 heterocycles. The van der Waals surface area contributed by atoms with Gasteiger partial charge in [0.2, 0.25) is 0 Å². The van der Waals surface area contributed by atoms with Crippen LogP contribution in [0.5, 0.6) is 0 Å². The van der Waals surface area contributed by atoms with Gasteiger partial charge in [0.05, 0.1) is 0 Å². The van der Waals surface area contributed by atoms with E-state index in [-0.39, 0.29) is 0 Å². The predicted molar refractivity (Wildman–Crippen MR) is 77.6 cm³/mol. The number of halogens is 2. The largest absolute Gasteiger partial charge is 0.312 e. The van der Waals surface area contributed by atoms with Crippen LogP contribution in [0.3, 0.4) is 0 Å². The second kappa shape index (κ2) is 7.70. The number of thiophene rings is 1. The molecule has 1 rings (SSSR count). The summed E-state index contributed by atoms with van der Waals surface area (Å²) >= 11 is 11.2. The Kier molecular flexibility index (Phi) is 6.97. The van der Waals surface area contributed by atoms with E-state index < -0.39 is 0 Å². The van der Waals surface area contributed by atoms with Crippen molar-refractivity contribution in [3.8, 4) is 0 Å². The Hall–Kier alpha value is 0.430. The molecule has 0 saturated carbocycles. The zero-order chi connectivity index (χ0) is 12.0. The summed E-state index contributed by atoms with van der Waals surface area (Å²) in [6.45, 7) is 2.24. The van der Waals surface area contributed by atoms with Gasteiger partial charge >= 0.3 is 0 Å². The Balaban J connectivity index is 2.47. The molecule has 1 atom stereocenters. The molecule has 1 nitrogen and oxygen atoms in total. The molecule has 4 heteroatoms. The molecule has 0 fully saturated rings. The van der Waals surface area contributed by atoms with Gasteiger partial charge < -0.3 is 5.32 Å². The number of hydrogen-bond donors (Lipinski definition) is 1. The number of rotatable bonds is 7. The molecule has 1 N–H and O–H groups in total. The van der Waals surface area contributed by atoms with Crippen LogP contribution < -0.4 is 5.32 Å². The van der Waals surface area contributed by atoms with E-state index >= 15 is 0 Å². The van der Waals surface area contributed by atoms with E-state index in [1.807, 2.05) is 7.05 Å². The summed E-state index contributed by atoms with van der Waals surface area (Å²) in [6.07, 6.45) is 6.44. The topological polar surface area (TPSA) is 12.0 Å². The van der Waals surface area contributed by atoms with Gasteiger partial charge in [0, 0.05) is 15.4 Å². The molecule has 0 radical (unpaired) electrons. The summed E-state index contributed by atoms with van der Waals surface area (Å²) in [5, 5.41) is 3.37. The van der Waals surface area contributed by atoms with Crippen LogP contribution in [0.1, 0.15) is 49.9 Å². The lowest BCUT2D eigenvalue weighted by atomic mass is 10.1. The van der Waals surface area contributed by atoms with E-state index in [0.29, 0.717) is 6.04 Å². The van der Waals surface area contributed by atoms with E-state index in [1.54, 1.807) is 11.3 Å². The van der Waals surface area contributed by atoms with E-state index in [1.165, 1.54) is 37.0 Å². The van der Waals surface area contributed by atoms with E-state index in [0.717, 1.165) is 8.81 Å². The van der Waals surface area contributed by atoms with Crippen molar-refractivity contribution in [3.05, 3.63) is 19.8 Å². The molecular formula is C12H19BrClNS. The van der Waals surface area contributed by atoms with E-state index in [9.17, 15) is 0 Å². The first-order valence-corrected chi connectivity index (χ1v) is 7.79. The van der Waals surface area contributed by atoms with Crippen molar-refractivity contribution in [3.63, 3.8) is 0 Å². The third-order valence-corrected chi connectivity index (χ3v) is 5.29. The highest BCUT2D eigenvalue weighted by Gasteiger charge is 2.13. The van der Waals surface area contributed by atoms with Crippen molar-refractivity contribution in [2.45, 2.75) is 45.1 Å². The summed E-state index contributed by atoms with van der Waals surface area (Å²) in [7, 11) is 2.02. The average molecular weight is 325 g/mol. The molecule has 0 aromatic carbocycles. The first-order valence-electron chi connectivity index (χ1n) is 5.81. The number of hydrogen-bond acceptors (Lipinski definition) is 2. The Morgan fingerprint density at radius 3 is 2.69 bits per heavy atom. The summed E-state index contributed by atoms with van der Waals surface area (Å²) < 4.78 is 1.87. The highest BCUT2D eigenvalue weighted by Crippen LogP contribution is 2.36. The van der Waals surface area contributed by atoms with Gasteiger partial charge in [0.15, 0.2) is 0 Å². The average Bonchev–Trinajstić information content (AvgIpc) is 2.59. The van der Waals surface area contributed by atoms with Crippen molar-refractivity contribution >= 4 is 38.9 Å². The van der Waals surface area contributed by atoms with Gasteiger partial charge in [-0.3, -0.25) is 0 Å². The molecule has 1 aromatic heterocycles. The van der Waals surface area contributed by atoms with Gasteiger partial charge in [-0.2, -0.15) is 0 Å². The first kappa shape index (κ1) is 14.5. The molecule has 0 spiro atoms. The van der Waals surface area contributed by atoms with Crippen LogP contribution in [0, 0.1) is 0 Å². The van der Waals surface area contributed by atoms with Crippen LogP contribution in [0.4, 0.5) is 0 Å².